The summed E-state index contributed by atoms with van der Waals surface area (Å²) in [4.78, 5) is 20.3. The van der Waals surface area contributed by atoms with Crippen molar-refractivity contribution >= 4 is 11.9 Å². The molecule has 8 nitrogen and oxygen atoms in total. The number of carbonyl (C=O) groups excluding carboxylic acids is 1. The van der Waals surface area contributed by atoms with Crippen LogP contribution in [0.1, 0.15) is 25.7 Å². The van der Waals surface area contributed by atoms with Crippen LogP contribution in [-0.4, -0.2) is 94.3 Å². The number of piperidine rings is 1. The van der Waals surface area contributed by atoms with Crippen LogP contribution in [0.2, 0.25) is 0 Å². The lowest BCUT2D eigenvalue weighted by Crippen LogP contribution is -2.44. The number of rotatable bonds is 9. The Morgan fingerprint density at radius 2 is 1.69 bits per heavy atom. The van der Waals surface area contributed by atoms with Crippen LogP contribution >= 0.6 is 0 Å². The number of amides is 1. The SMILES string of the molecule is CN=C(NCCCCN1CCC(C(N)=O)CC1)NCCN1CCOCC1. The standard InChI is InChI=1S/C18H36N6O2/c1-20-18(22-7-11-24-12-14-26-15-13-24)21-6-2-3-8-23-9-4-16(5-10-23)17(19)25/h16H,2-15H2,1H3,(H2,19,25)(H2,20,21,22). The molecule has 0 unspecified atom stereocenters. The van der Waals surface area contributed by atoms with E-state index >= 15 is 0 Å². The summed E-state index contributed by atoms with van der Waals surface area (Å²) < 4.78 is 5.36. The second kappa shape index (κ2) is 12.1. The molecule has 1 amide bonds. The van der Waals surface area contributed by atoms with E-state index in [9.17, 15) is 4.79 Å². The Morgan fingerprint density at radius 1 is 1.04 bits per heavy atom. The van der Waals surface area contributed by atoms with Crippen LogP contribution < -0.4 is 16.4 Å². The maximum absolute atomic E-state index is 11.2. The molecule has 0 aromatic heterocycles. The monoisotopic (exact) mass is 368 g/mol. The number of hydrogen-bond acceptors (Lipinski definition) is 5. The maximum Gasteiger partial charge on any atom is 0.220 e. The summed E-state index contributed by atoms with van der Waals surface area (Å²) in [5.41, 5.74) is 5.38. The van der Waals surface area contributed by atoms with Crippen molar-refractivity contribution in [3.63, 3.8) is 0 Å². The quantitative estimate of drug-likeness (QED) is 0.287. The van der Waals surface area contributed by atoms with Crippen LogP contribution in [0.4, 0.5) is 0 Å². The highest BCUT2D eigenvalue weighted by molar-refractivity contribution is 5.79. The van der Waals surface area contributed by atoms with Crippen LogP contribution in [0.3, 0.4) is 0 Å². The number of unbranched alkanes of at least 4 members (excludes halogenated alkanes) is 1. The average Bonchev–Trinajstić information content (AvgIpc) is 2.67. The molecule has 0 saturated carbocycles. The van der Waals surface area contributed by atoms with Crippen LogP contribution in [0.5, 0.6) is 0 Å². The first kappa shape index (κ1) is 20.9. The van der Waals surface area contributed by atoms with Gasteiger partial charge in [-0.3, -0.25) is 14.7 Å². The van der Waals surface area contributed by atoms with Crippen molar-refractivity contribution in [1.82, 2.24) is 20.4 Å². The highest BCUT2D eigenvalue weighted by Gasteiger charge is 2.22. The molecule has 2 fully saturated rings. The maximum atomic E-state index is 11.2. The summed E-state index contributed by atoms with van der Waals surface area (Å²) >= 11 is 0. The van der Waals surface area contributed by atoms with E-state index in [1.807, 2.05) is 7.05 Å². The Hall–Kier alpha value is -1.38. The van der Waals surface area contributed by atoms with E-state index in [0.717, 1.165) is 97.2 Å². The number of carbonyl (C=O) groups is 1. The highest BCUT2D eigenvalue weighted by atomic mass is 16.5. The smallest absolute Gasteiger partial charge is 0.220 e. The molecule has 0 aromatic carbocycles. The lowest BCUT2D eigenvalue weighted by molar-refractivity contribution is -0.123. The molecule has 2 aliphatic rings. The Labute approximate surface area is 157 Å². The Kier molecular flexibility index (Phi) is 9.73. The summed E-state index contributed by atoms with van der Waals surface area (Å²) in [5, 5.41) is 6.76. The van der Waals surface area contributed by atoms with Gasteiger partial charge in [-0.15, -0.1) is 0 Å². The first-order valence-corrected chi connectivity index (χ1v) is 9.95. The molecule has 2 heterocycles. The predicted octanol–water partition coefficient (Wildman–Crippen LogP) is -0.539. The summed E-state index contributed by atoms with van der Waals surface area (Å²) in [7, 11) is 1.81. The van der Waals surface area contributed by atoms with Crippen molar-refractivity contribution in [1.29, 1.82) is 0 Å². The van der Waals surface area contributed by atoms with Crippen molar-refractivity contribution in [2.75, 3.05) is 72.6 Å². The molecule has 0 bridgehead atoms. The van der Waals surface area contributed by atoms with Gasteiger partial charge in [-0.05, 0) is 45.3 Å². The lowest BCUT2D eigenvalue weighted by atomic mass is 9.96. The van der Waals surface area contributed by atoms with E-state index in [-0.39, 0.29) is 11.8 Å². The molecule has 2 aliphatic heterocycles. The first-order valence-electron chi connectivity index (χ1n) is 9.95. The van der Waals surface area contributed by atoms with Gasteiger partial charge < -0.3 is 26.0 Å². The van der Waals surface area contributed by atoms with Gasteiger partial charge >= 0.3 is 0 Å². The average molecular weight is 369 g/mol. The molecular formula is C18H36N6O2. The molecule has 8 heteroatoms. The van der Waals surface area contributed by atoms with Gasteiger partial charge in [-0.1, -0.05) is 0 Å². The second-order valence-corrected chi connectivity index (χ2v) is 7.11. The molecule has 2 saturated heterocycles. The van der Waals surface area contributed by atoms with Crippen molar-refractivity contribution in [3.05, 3.63) is 0 Å². The minimum absolute atomic E-state index is 0.0831. The fourth-order valence-corrected chi connectivity index (χ4v) is 3.49. The zero-order valence-electron chi connectivity index (χ0n) is 16.2. The summed E-state index contributed by atoms with van der Waals surface area (Å²) in [6.07, 6.45) is 4.08. The number of ether oxygens (including phenoxy) is 1. The minimum atomic E-state index is -0.138. The normalized spacial score (nSPS) is 20.9. The van der Waals surface area contributed by atoms with Crippen LogP contribution in [0, 0.1) is 5.92 Å². The van der Waals surface area contributed by atoms with Crippen LogP contribution in [0.15, 0.2) is 4.99 Å². The molecule has 2 rings (SSSR count). The largest absolute Gasteiger partial charge is 0.379 e. The Morgan fingerprint density at radius 3 is 2.35 bits per heavy atom. The minimum Gasteiger partial charge on any atom is -0.379 e. The zero-order valence-corrected chi connectivity index (χ0v) is 16.2. The number of nitrogens with zero attached hydrogens (tertiary/aromatic N) is 3. The predicted molar refractivity (Wildman–Crippen MR) is 104 cm³/mol. The summed E-state index contributed by atoms with van der Waals surface area (Å²) in [6, 6.07) is 0. The Bertz CT molecular complexity index is 431. The van der Waals surface area contributed by atoms with E-state index in [4.69, 9.17) is 10.5 Å². The molecule has 0 spiro atoms. The molecule has 26 heavy (non-hydrogen) atoms. The number of guanidine groups is 1. The molecular weight excluding hydrogens is 332 g/mol. The van der Waals surface area contributed by atoms with Gasteiger partial charge in [0.25, 0.3) is 0 Å². The lowest BCUT2D eigenvalue weighted by Gasteiger charge is -2.30. The molecule has 4 N–H and O–H groups in total. The van der Waals surface area contributed by atoms with Crippen molar-refractivity contribution in [2.24, 2.45) is 16.6 Å². The number of likely N-dealkylation sites (tertiary alicyclic amines) is 1. The molecule has 0 radical (unpaired) electrons. The van der Waals surface area contributed by atoms with E-state index in [0.29, 0.717) is 0 Å². The number of hydrogen-bond donors (Lipinski definition) is 3. The Balaban J connectivity index is 1.47. The van der Waals surface area contributed by atoms with Gasteiger partial charge in [0, 0.05) is 45.7 Å². The third kappa shape index (κ3) is 7.88. The fourth-order valence-electron chi connectivity index (χ4n) is 3.49. The van der Waals surface area contributed by atoms with Crippen molar-refractivity contribution < 1.29 is 9.53 Å². The summed E-state index contributed by atoms with van der Waals surface area (Å²) in [5.74, 6) is 0.821. The van der Waals surface area contributed by atoms with E-state index < -0.39 is 0 Å². The van der Waals surface area contributed by atoms with E-state index in [1.54, 1.807) is 0 Å². The number of nitrogens with two attached hydrogens (primary N) is 1. The van der Waals surface area contributed by atoms with Gasteiger partial charge in [0.05, 0.1) is 13.2 Å². The van der Waals surface area contributed by atoms with E-state index in [2.05, 4.69) is 25.4 Å². The highest BCUT2D eigenvalue weighted by Crippen LogP contribution is 2.16. The second-order valence-electron chi connectivity index (χ2n) is 7.11. The summed E-state index contributed by atoms with van der Waals surface area (Å²) in [6.45, 7) is 9.64. The molecule has 0 aliphatic carbocycles. The zero-order chi connectivity index (χ0) is 18.6. The van der Waals surface area contributed by atoms with Gasteiger partial charge in [-0.2, -0.15) is 0 Å². The molecule has 0 aromatic rings. The molecule has 150 valence electrons. The van der Waals surface area contributed by atoms with Gasteiger partial charge in [0.15, 0.2) is 5.96 Å². The molecule has 0 atom stereocenters. The fraction of sp³-hybridized carbons (Fsp3) is 0.889. The third-order valence-electron chi connectivity index (χ3n) is 5.23. The number of nitrogens with one attached hydrogen (secondary N) is 2. The van der Waals surface area contributed by atoms with Gasteiger partial charge in [0.1, 0.15) is 0 Å². The van der Waals surface area contributed by atoms with Gasteiger partial charge in [-0.25, -0.2) is 0 Å². The topological polar surface area (TPSA) is 95.2 Å². The van der Waals surface area contributed by atoms with Crippen molar-refractivity contribution in [3.8, 4) is 0 Å². The number of primary amides is 1. The number of morpholine rings is 1. The van der Waals surface area contributed by atoms with Crippen LogP contribution in [0.25, 0.3) is 0 Å². The van der Waals surface area contributed by atoms with Crippen LogP contribution in [-0.2, 0) is 9.53 Å². The van der Waals surface area contributed by atoms with Crippen molar-refractivity contribution in [2.45, 2.75) is 25.7 Å². The first-order chi connectivity index (χ1) is 12.7. The van der Waals surface area contributed by atoms with Gasteiger partial charge in [0.2, 0.25) is 5.91 Å². The number of aliphatic imine (C=N–C) groups is 1. The van der Waals surface area contributed by atoms with E-state index in [1.165, 1.54) is 0 Å². The third-order valence-corrected chi connectivity index (χ3v) is 5.23.